The van der Waals surface area contributed by atoms with Crippen LogP contribution in [0.3, 0.4) is 0 Å². The van der Waals surface area contributed by atoms with E-state index in [-0.39, 0.29) is 4.78 Å². The van der Waals surface area contributed by atoms with Gasteiger partial charge in [-0.05, 0) is 12.1 Å². The van der Waals surface area contributed by atoms with Gasteiger partial charge in [-0.3, -0.25) is 4.57 Å². The standard InChI is InChI=1S/C15H22N3O4PS/c19-16-15(24-14-4-2-1-3-5-14)23(20,17-6-10-21-11-7-17)18-8-12-22-13-9-18/h1-5,19H,6-13H2. The Morgan fingerprint density at radius 3 is 1.96 bits per heavy atom. The van der Waals surface area contributed by atoms with E-state index in [2.05, 4.69) is 5.16 Å². The minimum Gasteiger partial charge on any atom is -0.410 e. The third kappa shape index (κ3) is 3.85. The lowest BCUT2D eigenvalue weighted by Gasteiger charge is -2.41. The zero-order valence-corrected chi connectivity index (χ0v) is 15.1. The van der Waals surface area contributed by atoms with Crippen molar-refractivity contribution in [1.29, 1.82) is 0 Å². The van der Waals surface area contributed by atoms with Gasteiger partial charge >= 0.3 is 0 Å². The second kappa shape index (κ2) is 8.47. The van der Waals surface area contributed by atoms with Crippen LogP contribution in [-0.4, -0.2) is 71.9 Å². The molecule has 2 heterocycles. The second-order valence-electron chi connectivity index (χ2n) is 5.47. The van der Waals surface area contributed by atoms with Crippen molar-refractivity contribution in [1.82, 2.24) is 9.34 Å². The van der Waals surface area contributed by atoms with Crippen molar-refractivity contribution in [2.45, 2.75) is 4.90 Å². The van der Waals surface area contributed by atoms with E-state index < -0.39 is 7.44 Å². The molecule has 7 nitrogen and oxygen atoms in total. The number of nitrogens with zero attached hydrogens (tertiary/aromatic N) is 3. The van der Waals surface area contributed by atoms with Crippen LogP contribution < -0.4 is 0 Å². The monoisotopic (exact) mass is 371 g/mol. The zero-order valence-electron chi connectivity index (χ0n) is 13.4. The molecule has 0 unspecified atom stereocenters. The van der Waals surface area contributed by atoms with E-state index in [1.165, 1.54) is 11.8 Å². The Morgan fingerprint density at radius 1 is 1.00 bits per heavy atom. The highest BCUT2D eigenvalue weighted by atomic mass is 32.2. The van der Waals surface area contributed by atoms with E-state index in [9.17, 15) is 9.77 Å². The van der Waals surface area contributed by atoms with Gasteiger partial charge in [-0.2, -0.15) is 0 Å². The molecule has 0 radical (unpaired) electrons. The fourth-order valence-electron chi connectivity index (χ4n) is 2.80. The number of thioether (sulfide) groups is 1. The topological polar surface area (TPSA) is 74.6 Å². The van der Waals surface area contributed by atoms with Crippen molar-refractivity contribution in [2.75, 3.05) is 52.6 Å². The molecule has 0 bridgehead atoms. The van der Waals surface area contributed by atoms with Gasteiger partial charge in [-0.15, -0.1) is 0 Å². The molecule has 0 aliphatic carbocycles. The van der Waals surface area contributed by atoms with Crippen LogP contribution in [0.2, 0.25) is 0 Å². The minimum absolute atomic E-state index is 0.248. The summed E-state index contributed by atoms with van der Waals surface area (Å²) in [7, 11) is -3.18. The summed E-state index contributed by atoms with van der Waals surface area (Å²) in [6, 6.07) is 9.57. The predicted molar refractivity (Wildman–Crippen MR) is 93.9 cm³/mol. The molecular formula is C15H22N3O4PS. The Bertz CT molecular complexity index is 582. The maximum Gasteiger partial charge on any atom is 0.274 e. The van der Waals surface area contributed by atoms with Gasteiger partial charge in [0.1, 0.15) is 0 Å². The lowest BCUT2D eigenvalue weighted by atomic mass is 10.4. The minimum atomic E-state index is -3.18. The third-order valence-electron chi connectivity index (χ3n) is 4.03. The molecule has 2 aliphatic heterocycles. The van der Waals surface area contributed by atoms with Gasteiger partial charge in [-0.1, -0.05) is 35.1 Å². The molecule has 9 heteroatoms. The molecule has 1 aromatic carbocycles. The van der Waals surface area contributed by atoms with Gasteiger partial charge in [0, 0.05) is 31.1 Å². The van der Waals surface area contributed by atoms with E-state index in [0.29, 0.717) is 52.6 Å². The average molecular weight is 371 g/mol. The smallest absolute Gasteiger partial charge is 0.274 e. The number of morpholine rings is 2. The quantitative estimate of drug-likeness (QED) is 0.217. The van der Waals surface area contributed by atoms with Crippen molar-refractivity contribution in [3.63, 3.8) is 0 Å². The maximum absolute atomic E-state index is 14.1. The predicted octanol–water partition coefficient (Wildman–Crippen LogP) is 2.38. The highest BCUT2D eigenvalue weighted by Crippen LogP contribution is 2.58. The van der Waals surface area contributed by atoms with E-state index in [1.807, 2.05) is 39.7 Å². The van der Waals surface area contributed by atoms with E-state index in [0.717, 1.165) is 4.90 Å². The molecule has 0 spiro atoms. The van der Waals surface area contributed by atoms with Crippen LogP contribution in [0.5, 0.6) is 0 Å². The highest BCUT2D eigenvalue weighted by Gasteiger charge is 2.44. The molecule has 0 saturated carbocycles. The van der Waals surface area contributed by atoms with Gasteiger partial charge < -0.3 is 14.7 Å². The molecule has 3 rings (SSSR count). The number of benzene rings is 1. The largest absolute Gasteiger partial charge is 0.410 e. The van der Waals surface area contributed by atoms with Gasteiger partial charge in [-0.25, -0.2) is 9.34 Å². The molecule has 2 aliphatic rings. The summed E-state index contributed by atoms with van der Waals surface area (Å²) in [5.74, 6) is 0. The normalized spacial score (nSPS) is 21.8. The molecule has 0 aromatic heterocycles. The van der Waals surface area contributed by atoms with Crippen LogP contribution in [-0.2, 0) is 14.0 Å². The highest BCUT2D eigenvalue weighted by molar-refractivity contribution is 8.26. The van der Waals surface area contributed by atoms with Gasteiger partial charge in [0.15, 0.2) is 0 Å². The molecule has 0 amide bonds. The average Bonchev–Trinajstić information content (AvgIpc) is 2.67. The van der Waals surface area contributed by atoms with Crippen molar-refractivity contribution in [2.24, 2.45) is 5.16 Å². The van der Waals surface area contributed by atoms with Gasteiger partial charge in [0.05, 0.1) is 26.4 Å². The summed E-state index contributed by atoms with van der Waals surface area (Å²) in [5, 5.41) is 13.1. The van der Waals surface area contributed by atoms with Crippen LogP contribution >= 0.6 is 19.2 Å². The molecule has 0 atom stereocenters. The fourth-order valence-corrected chi connectivity index (χ4v) is 7.20. The number of oxime groups is 1. The Morgan fingerprint density at radius 2 is 1.50 bits per heavy atom. The summed E-state index contributed by atoms with van der Waals surface area (Å²) >= 11 is 1.25. The Kier molecular flexibility index (Phi) is 6.32. The molecule has 1 aromatic rings. The van der Waals surface area contributed by atoms with Gasteiger partial charge in [0.2, 0.25) is 4.78 Å². The van der Waals surface area contributed by atoms with Gasteiger partial charge in [0.25, 0.3) is 7.44 Å². The van der Waals surface area contributed by atoms with E-state index >= 15 is 0 Å². The molecule has 2 fully saturated rings. The van der Waals surface area contributed by atoms with E-state index in [4.69, 9.17) is 9.47 Å². The van der Waals surface area contributed by atoms with Crippen molar-refractivity contribution < 1.29 is 19.2 Å². The summed E-state index contributed by atoms with van der Waals surface area (Å²) in [5.41, 5.74) is 0. The molecular weight excluding hydrogens is 349 g/mol. The SMILES string of the molecule is O=P(C(=NO)Sc1ccccc1)(N1CCOCC1)N1CCOCC1. The van der Waals surface area contributed by atoms with Crippen LogP contribution in [0.4, 0.5) is 0 Å². The lowest BCUT2D eigenvalue weighted by Crippen LogP contribution is -2.44. The van der Waals surface area contributed by atoms with E-state index in [1.54, 1.807) is 0 Å². The first-order valence-electron chi connectivity index (χ1n) is 7.97. The van der Waals surface area contributed by atoms with Crippen LogP contribution in [0.25, 0.3) is 0 Å². The number of hydrogen-bond donors (Lipinski definition) is 1. The molecule has 132 valence electrons. The van der Waals surface area contributed by atoms with Crippen molar-refractivity contribution in [3.8, 4) is 0 Å². The summed E-state index contributed by atoms with van der Waals surface area (Å²) < 4.78 is 28.7. The fraction of sp³-hybridized carbons (Fsp3) is 0.533. The number of rotatable bonds is 4. The van der Waals surface area contributed by atoms with Crippen LogP contribution in [0.15, 0.2) is 40.4 Å². The summed E-state index contributed by atoms with van der Waals surface area (Å²) in [6.45, 7) is 4.36. The van der Waals surface area contributed by atoms with Crippen molar-refractivity contribution in [3.05, 3.63) is 30.3 Å². The summed E-state index contributed by atoms with van der Waals surface area (Å²) in [4.78, 5) is 1.14. The molecule has 24 heavy (non-hydrogen) atoms. The van der Waals surface area contributed by atoms with Crippen LogP contribution in [0.1, 0.15) is 0 Å². The Labute approximate surface area is 146 Å². The number of hydrogen-bond acceptors (Lipinski definition) is 6. The first-order valence-corrected chi connectivity index (χ1v) is 10.4. The molecule has 1 N–H and O–H groups in total. The molecule has 2 saturated heterocycles. The Hall–Kier alpha value is -0.890. The van der Waals surface area contributed by atoms with Crippen molar-refractivity contribution >= 4 is 24.0 Å². The Balaban J connectivity index is 1.90. The lowest BCUT2D eigenvalue weighted by molar-refractivity contribution is 0.0542. The second-order valence-corrected chi connectivity index (χ2v) is 9.48. The van der Waals surface area contributed by atoms with Crippen LogP contribution in [0, 0.1) is 0 Å². The maximum atomic E-state index is 14.1. The first kappa shape index (κ1) is 17.9. The first-order chi connectivity index (χ1) is 11.7. The third-order valence-corrected chi connectivity index (χ3v) is 8.71. The summed E-state index contributed by atoms with van der Waals surface area (Å²) in [6.07, 6.45) is 0. The zero-order chi connectivity index (χ0) is 16.8. The number of ether oxygens (including phenoxy) is 2.